The molecule has 3 fully saturated rings. The van der Waals surface area contributed by atoms with E-state index in [4.69, 9.17) is 17.3 Å². The number of ether oxygens (including phenoxy) is 2. The van der Waals surface area contributed by atoms with Crippen LogP contribution in [0.1, 0.15) is 56.6 Å². The molecule has 4 aliphatic heterocycles. The predicted octanol–water partition coefficient (Wildman–Crippen LogP) is 4.06. The highest BCUT2D eigenvalue weighted by atomic mass is 79.9. The molecule has 0 spiro atoms. The Balaban J connectivity index is 1.05. The number of amides is 4. The number of hydrogen-bond donors (Lipinski definition) is 2. The molecule has 6 rings (SSSR count). The van der Waals surface area contributed by atoms with Gasteiger partial charge in [-0.25, -0.2) is 9.59 Å². The first-order valence-electron chi connectivity index (χ1n) is 18.6. The number of benzene rings is 2. The van der Waals surface area contributed by atoms with Crippen LogP contribution in [0.15, 0.2) is 40.9 Å². The van der Waals surface area contributed by atoms with Gasteiger partial charge in [0.25, 0.3) is 5.91 Å². The van der Waals surface area contributed by atoms with E-state index < -0.39 is 12.2 Å². The smallest absolute Gasteiger partial charge is 0.410 e. The van der Waals surface area contributed by atoms with Crippen LogP contribution in [0.25, 0.3) is 0 Å². The lowest BCUT2D eigenvalue weighted by Gasteiger charge is -2.41. The number of likely N-dealkylation sites (tertiary alicyclic amines) is 3. The maximum atomic E-state index is 14.1. The Kier molecular flexibility index (Phi) is 12.7. The predicted molar refractivity (Wildman–Crippen MR) is 201 cm³/mol. The molecule has 2 aromatic rings. The topological polar surface area (TPSA) is 132 Å². The highest BCUT2D eigenvalue weighted by molar-refractivity contribution is 9.10. The Morgan fingerprint density at radius 2 is 1.60 bits per heavy atom. The van der Waals surface area contributed by atoms with Crippen molar-refractivity contribution in [2.45, 2.75) is 70.4 Å². The van der Waals surface area contributed by atoms with E-state index in [0.29, 0.717) is 80.6 Å². The van der Waals surface area contributed by atoms with Gasteiger partial charge < -0.3 is 34.6 Å². The van der Waals surface area contributed by atoms with Gasteiger partial charge in [-0.05, 0) is 116 Å². The minimum absolute atomic E-state index is 0.0146. The fourth-order valence-electron chi connectivity index (χ4n) is 8.25. The molecule has 0 saturated carbocycles. The maximum absolute atomic E-state index is 14.1. The molecule has 278 valence electrons. The van der Waals surface area contributed by atoms with E-state index in [2.05, 4.69) is 26.1 Å². The van der Waals surface area contributed by atoms with Gasteiger partial charge in [0.05, 0.1) is 17.6 Å². The number of nitrogens with one attached hydrogen (secondary N) is 1. The molecule has 14 heteroatoms. The summed E-state index contributed by atoms with van der Waals surface area (Å²) in [6, 6.07) is 11.0. The largest absolute Gasteiger partial charge is 0.507 e. The van der Waals surface area contributed by atoms with Gasteiger partial charge >= 0.3 is 18.1 Å². The number of carbonyl (C=O) groups excluding carboxylic acids is 4. The van der Waals surface area contributed by atoms with Crippen molar-refractivity contribution < 1.29 is 33.8 Å². The zero-order chi connectivity index (χ0) is 36.8. The number of aromatic hydroxyl groups is 1. The molecule has 3 saturated heterocycles. The summed E-state index contributed by atoms with van der Waals surface area (Å²) in [4.78, 5) is 60.2. The minimum Gasteiger partial charge on any atom is -0.507 e. The Morgan fingerprint density at radius 1 is 0.942 bits per heavy atom. The summed E-state index contributed by atoms with van der Waals surface area (Å²) in [7, 11) is 6.04. The number of urea groups is 1. The number of rotatable bonds is 9. The molecule has 2 N–H and O–H groups in total. The van der Waals surface area contributed by atoms with Crippen molar-refractivity contribution in [2.24, 2.45) is 11.8 Å². The van der Waals surface area contributed by atoms with Crippen molar-refractivity contribution in [2.75, 3.05) is 64.3 Å². The van der Waals surface area contributed by atoms with E-state index in [0.717, 1.165) is 56.4 Å². The highest BCUT2D eigenvalue weighted by Crippen LogP contribution is 2.33. The molecule has 2 aromatic carbocycles. The van der Waals surface area contributed by atoms with Crippen LogP contribution >= 0.6 is 15.9 Å². The fourth-order valence-corrected chi connectivity index (χ4v) is 8.77. The van der Waals surface area contributed by atoms with Crippen molar-refractivity contribution in [1.82, 2.24) is 19.6 Å². The van der Waals surface area contributed by atoms with Crippen molar-refractivity contribution in [3.63, 3.8) is 0 Å². The van der Waals surface area contributed by atoms with Crippen LogP contribution in [0.4, 0.5) is 15.3 Å². The molecule has 0 aromatic heterocycles. The number of esters is 1. The molecule has 12 nitrogen and oxygen atoms in total. The number of halogens is 1. The minimum atomic E-state index is -1.07. The van der Waals surface area contributed by atoms with Crippen LogP contribution < -0.4 is 10.8 Å². The molecule has 52 heavy (non-hydrogen) atoms. The number of para-hydroxylation sites is 1. The average molecular weight is 779 g/mol. The number of phenolic OH excluding ortho intramolecular Hbond substituents is 1. The Bertz CT molecular complexity index is 1580. The third kappa shape index (κ3) is 9.23. The monoisotopic (exact) mass is 777 g/mol. The Hall–Kier alpha value is -3.78. The van der Waals surface area contributed by atoms with Crippen LogP contribution in [0, 0.1) is 11.8 Å². The average Bonchev–Trinajstić information content (AvgIpc) is 3.31. The summed E-state index contributed by atoms with van der Waals surface area (Å²) in [5, 5.41) is 13.2. The van der Waals surface area contributed by atoms with Gasteiger partial charge in [0.1, 0.15) is 13.6 Å². The van der Waals surface area contributed by atoms with Gasteiger partial charge in [0.15, 0.2) is 6.10 Å². The third-order valence-corrected chi connectivity index (χ3v) is 11.8. The van der Waals surface area contributed by atoms with E-state index in [1.807, 2.05) is 41.0 Å². The zero-order valence-corrected chi connectivity index (χ0v) is 31.5. The maximum Gasteiger partial charge on any atom is 0.410 e. The second-order valence-electron chi connectivity index (χ2n) is 14.4. The number of fused-ring (bicyclic) bond motifs is 1. The standard InChI is InChI=1S/C38H49BBrN5O7/c1-2-51-34(46)24-42-14-7-26(8-15-42)27-9-16-43(17-10-27)36(48)33(23-25-21-30(39)35(47)31(40)22-25)52-38(50)44-18-12-29(13-19-44)45-20-11-28-5-3-4-6-32(28)41-37(45)49/h3-6,21-22,26-27,29,33,47H,2,7-20,23-24H2,1H3,(H,41,49)/t33-/m1/s1. The highest BCUT2D eigenvalue weighted by Gasteiger charge is 2.37. The SMILES string of the molecule is [B]c1cc(C[C@@H](OC(=O)N2CCC(N3CCc4ccccc4NC3=O)CC2)C(=O)N2CCC(C3CCN(CC(=O)OCC)CC3)CC2)cc(Br)c1O. The summed E-state index contributed by atoms with van der Waals surface area (Å²) >= 11 is 3.34. The molecule has 4 heterocycles. The number of phenols is 1. The normalized spacial score (nSPS) is 20.1. The molecule has 2 radical (unpaired) electrons. The van der Waals surface area contributed by atoms with E-state index in [1.165, 1.54) is 0 Å². The molecule has 4 amide bonds. The molecule has 0 unspecified atom stereocenters. The lowest BCUT2D eigenvalue weighted by molar-refractivity contribution is -0.144. The second-order valence-corrected chi connectivity index (χ2v) is 15.3. The number of piperidine rings is 3. The van der Waals surface area contributed by atoms with E-state index in [9.17, 15) is 24.3 Å². The van der Waals surface area contributed by atoms with Gasteiger partial charge in [0, 0.05) is 50.9 Å². The molecule has 1 atom stereocenters. The first kappa shape index (κ1) is 38.0. The summed E-state index contributed by atoms with van der Waals surface area (Å²) < 4.78 is 11.5. The first-order chi connectivity index (χ1) is 25.1. The Labute approximate surface area is 315 Å². The lowest BCUT2D eigenvalue weighted by Crippen LogP contribution is -2.52. The number of nitrogens with zero attached hydrogens (tertiary/aromatic N) is 4. The second kappa shape index (κ2) is 17.4. The van der Waals surface area contributed by atoms with Crippen LogP contribution in [-0.2, 0) is 31.9 Å². The summed E-state index contributed by atoms with van der Waals surface area (Å²) in [6.45, 7) is 6.84. The quantitative estimate of drug-likeness (QED) is 0.288. The summed E-state index contributed by atoms with van der Waals surface area (Å²) in [5.41, 5.74) is 2.77. The van der Waals surface area contributed by atoms with Crippen molar-refractivity contribution in [3.05, 3.63) is 52.0 Å². The van der Waals surface area contributed by atoms with Gasteiger partial charge in [-0.1, -0.05) is 29.7 Å². The zero-order valence-electron chi connectivity index (χ0n) is 29.9. The molecule has 0 bridgehead atoms. The van der Waals surface area contributed by atoms with Crippen molar-refractivity contribution in [1.29, 1.82) is 0 Å². The van der Waals surface area contributed by atoms with E-state index in [1.54, 1.807) is 17.0 Å². The number of anilines is 1. The van der Waals surface area contributed by atoms with E-state index >= 15 is 0 Å². The van der Waals surface area contributed by atoms with Gasteiger partial charge in [-0.15, -0.1) is 0 Å². The Morgan fingerprint density at radius 3 is 2.27 bits per heavy atom. The van der Waals surface area contributed by atoms with Gasteiger partial charge in [-0.3, -0.25) is 14.5 Å². The summed E-state index contributed by atoms with van der Waals surface area (Å²) in [5.74, 6) is 0.532. The lowest BCUT2D eigenvalue weighted by atomic mass is 9.78. The van der Waals surface area contributed by atoms with Crippen LogP contribution in [-0.4, -0.2) is 128 Å². The summed E-state index contributed by atoms with van der Waals surface area (Å²) in [6.07, 6.45) is 4.22. The third-order valence-electron chi connectivity index (χ3n) is 11.2. The molecular formula is C38H49BBrN5O7. The number of carbonyl (C=O) groups is 4. The van der Waals surface area contributed by atoms with Crippen LogP contribution in [0.2, 0.25) is 0 Å². The van der Waals surface area contributed by atoms with Gasteiger partial charge in [0.2, 0.25) is 0 Å². The van der Waals surface area contributed by atoms with Crippen LogP contribution in [0.3, 0.4) is 0 Å². The van der Waals surface area contributed by atoms with Crippen molar-refractivity contribution in [3.8, 4) is 5.75 Å². The number of hydrogen-bond acceptors (Lipinski definition) is 8. The molecule has 4 aliphatic rings. The van der Waals surface area contributed by atoms with Crippen molar-refractivity contribution >= 4 is 58.9 Å². The van der Waals surface area contributed by atoms with E-state index in [-0.39, 0.29) is 41.6 Å². The van der Waals surface area contributed by atoms with Gasteiger partial charge in [-0.2, -0.15) is 0 Å². The fraction of sp³-hybridized carbons (Fsp3) is 0.579. The first-order valence-corrected chi connectivity index (χ1v) is 19.4. The van der Waals surface area contributed by atoms with Crippen LogP contribution in [0.5, 0.6) is 5.75 Å². The molecule has 0 aliphatic carbocycles. The molecular weight excluding hydrogens is 729 g/mol.